The first-order chi connectivity index (χ1) is 13.9. The molecule has 0 spiro atoms. The van der Waals surface area contributed by atoms with Gasteiger partial charge < -0.3 is 10.1 Å². The van der Waals surface area contributed by atoms with Gasteiger partial charge in [-0.05, 0) is 79.7 Å². The molecule has 2 N–H and O–H groups in total. The zero-order chi connectivity index (χ0) is 20.9. The maximum Gasteiger partial charge on any atom is 0.261 e. The van der Waals surface area contributed by atoms with E-state index in [0.29, 0.717) is 23.7 Å². The van der Waals surface area contributed by atoms with Crippen LogP contribution in [-0.4, -0.2) is 20.9 Å². The fourth-order valence-electron chi connectivity index (χ4n) is 2.52. The van der Waals surface area contributed by atoms with Crippen molar-refractivity contribution in [3.05, 3.63) is 84.2 Å². The fourth-order valence-corrected chi connectivity index (χ4v) is 3.58. The van der Waals surface area contributed by atoms with Gasteiger partial charge in [-0.2, -0.15) is 0 Å². The van der Waals surface area contributed by atoms with E-state index in [1.165, 1.54) is 48.5 Å². The predicted molar refractivity (Wildman–Crippen MR) is 109 cm³/mol. The van der Waals surface area contributed by atoms with E-state index in [4.69, 9.17) is 4.74 Å². The first-order valence-corrected chi connectivity index (χ1v) is 10.3. The van der Waals surface area contributed by atoms with Crippen LogP contribution in [0.3, 0.4) is 0 Å². The van der Waals surface area contributed by atoms with Gasteiger partial charge in [-0.25, -0.2) is 12.8 Å². The number of rotatable bonds is 7. The second kappa shape index (κ2) is 8.74. The summed E-state index contributed by atoms with van der Waals surface area (Å²) in [5, 5.41) is 2.62. The molecule has 3 aromatic carbocycles. The van der Waals surface area contributed by atoms with E-state index in [2.05, 4.69) is 10.0 Å². The third-order valence-electron chi connectivity index (χ3n) is 3.95. The summed E-state index contributed by atoms with van der Waals surface area (Å²) in [5.41, 5.74) is 1.10. The van der Waals surface area contributed by atoms with Crippen LogP contribution in [0.1, 0.15) is 17.3 Å². The standard InChI is InChI=1S/C21H19FN2O4S/c1-2-28-19-11-9-18(10-12-19)24-29(26,27)20-13-3-15(4-14-20)21(25)23-17-7-5-16(22)6-8-17/h3-14,24H,2H2,1H3,(H,23,25). The number of amides is 1. The highest BCUT2D eigenvalue weighted by molar-refractivity contribution is 7.92. The van der Waals surface area contributed by atoms with Crippen molar-refractivity contribution in [1.29, 1.82) is 0 Å². The van der Waals surface area contributed by atoms with Gasteiger partial charge >= 0.3 is 0 Å². The van der Waals surface area contributed by atoms with Crippen molar-refractivity contribution < 1.29 is 22.3 Å². The number of anilines is 2. The second-order valence-corrected chi connectivity index (χ2v) is 7.73. The number of ether oxygens (including phenoxy) is 1. The number of hydrogen-bond donors (Lipinski definition) is 2. The first-order valence-electron chi connectivity index (χ1n) is 8.80. The molecule has 0 aliphatic rings. The van der Waals surface area contributed by atoms with E-state index in [1.54, 1.807) is 24.3 Å². The van der Waals surface area contributed by atoms with Crippen molar-refractivity contribution in [3.8, 4) is 5.75 Å². The fraction of sp³-hybridized carbons (Fsp3) is 0.0952. The van der Waals surface area contributed by atoms with Crippen molar-refractivity contribution in [1.82, 2.24) is 0 Å². The monoisotopic (exact) mass is 414 g/mol. The number of sulfonamides is 1. The summed E-state index contributed by atoms with van der Waals surface area (Å²) in [6, 6.07) is 17.4. The lowest BCUT2D eigenvalue weighted by Crippen LogP contribution is -2.14. The van der Waals surface area contributed by atoms with Crippen molar-refractivity contribution in [3.63, 3.8) is 0 Å². The maximum atomic E-state index is 12.9. The Morgan fingerprint density at radius 1 is 0.897 bits per heavy atom. The summed E-state index contributed by atoms with van der Waals surface area (Å²) in [6.07, 6.45) is 0. The summed E-state index contributed by atoms with van der Waals surface area (Å²) < 4.78 is 45.8. The number of carbonyl (C=O) groups is 1. The smallest absolute Gasteiger partial charge is 0.261 e. The molecule has 0 aliphatic heterocycles. The Bertz CT molecular complexity index is 1080. The highest BCUT2D eigenvalue weighted by Gasteiger charge is 2.15. The van der Waals surface area contributed by atoms with E-state index >= 15 is 0 Å². The Kier molecular flexibility index (Phi) is 6.13. The van der Waals surface area contributed by atoms with E-state index in [-0.39, 0.29) is 10.5 Å². The molecule has 3 rings (SSSR count). The molecule has 0 saturated heterocycles. The summed E-state index contributed by atoms with van der Waals surface area (Å²) in [4.78, 5) is 12.3. The SMILES string of the molecule is CCOc1ccc(NS(=O)(=O)c2ccc(C(=O)Nc3ccc(F)cc3)cc2)cc1. The molecule has 150 valence electrons. The van der Waals surface area contributed by atoms with Crippen LogP contribution in [0.4, 0.5) is 15.8 Å². The Morgan fingerprint density at radius 3 is 2.07 bits per heavy atom. The van der Waals surface area contributed by atoms with Gasteiger partial charge in [0.15, 0.2) is 0 Å². The van der Waals surface area contributed by atoms with Crippen LogP contribution in [0.25, 0.3) is 0 Å². The quantitative estimate of drug-likeness (QED) is 0.604. The molecule has 0 bridgehead atoms. The van der Waals surface area contributed by atoms with Crippen LogP contribution < -0.4 is 14.8 Å². The van der Waals surface area contributed by atoms with Gasteiger partial charge in [0, 0.05) is 16.9 Å². The molecule has 0 heterocycles. The van der Waals surface area contributed by atoms with Gasteiger partial charge in [0.25, 0.3) is 15.9 Å². The van der Waals surface area contributed by atoms with Crippen LogP contribution in [0.15, 0.2) is 77.7 Å². The van der Waals surface area contributed by atoms with E-state index in [1.807, 2.05) is 6.92 Å². The lowest BCUT2D eigenvalue weighted by molar-refractivity contribution is 0.102. The molecular weight excluding hydrogens is 395 g/mol. The van der Waals surface area contributed by atoms with Crippen LogP contribution >= 0.6 is 0 Å². The second-order valence-electron chi connectivity index (χ2n) is 6.05. The Morgan fingerprint density at radius 2 is 1.48 bits per heavy atom. The van der Waals surface area contributed by atoms with Crippen LogP contribution in [0, 0.1) is 5.82 Å². The van der Waals surface area contributed by atoms with Crippen LogP contribution in [0.2, 0.25) is 0 Å². The van der Waals surface area contributed by atoms with Gasteiger partial charge in [-0.3, -0.25) is 9.52 Å². The maximum absolute atomic E-state index is 12.9. The van der Waals surface area contributed by atoms with Gasteiger partial charge in [0.1, 0.15) is 11.6 Å². The Labute approximate surface area is 168 Å². The third kappa shape index (κ3) is 5.32. The third-order valence-corrected chi connectivity index (χ3v) is 5.34. The Hall–Kier alpha value is -3.39. The molecule has 0 aliphatic carbocycles. The van der Waals surface area contributed by atoms with Gasteiger partial charge in [-0.1, -0.05) is 0 Å². The predicted octanol–water partition coefficient (Wildman–Crippen LogP) is 4.28. The molecule has 0 aromatic heterocycles. The topological polar surface area (TPSA) is 84.5 Å². The molecule has 0 fully saturated rings. The lowest BCUT2D eigenvalue weighted by Gasteiger charge is -2.10. The highest BCUT2D eigenvalue weighted by atomic mass is 32.2. The van der Waals surface area contributed by atoms with Gasteiger partial charge in [-0.15, -0.1) is 0 Å². The zero-order valence-electron chi connectivity index (χ0n) is 15.6. The van der Waals surface area contributed by atoms with Gasteiger partial charge in [0.2, 0.25) is 0 Å². The first kappa shape index (κ1) is 20.3. The van der Waals surface area contributed by atoms with Crippen molar-refractivity contribution in [2.45, 2.75) is 11.8 Å². The number of nitrogens with one attached hydrogen (secondary N) is 2. The van der Waals surface area contributed by atoms with Crippen LogP contribution in [0.5, 0.6) is 5.75 Å². The average Bonchev–Trinajstić information content (AvgIpc) is 2.71. The molecule has 1 amide bonds. The average molecular weight is 414 g/mol. The summed E-state index contributed by atoms with van der Waals surface area (Å²) >= 11 is 0. The number of benzene rings is 3. The van der Waals surface area contributed by atoms with Crippen molar-refractivity contribution >= 4 is 27.3 Å². The van der Waals surface area contributed by atoms with Crippen molar-refractivity contribution in [2.75, 3.05) is 16.6 Å². The number of carbonyl (C=O) groups excluding carboxylic acids is 1. The molecule has 0 saturated carbocycles. The van der Waals surface area contributed by atoms with Gasteiger partial charge in [0.05, 0.1) is 11.5 Å². The molecule has 6 nitrogen and oxygen atoms in total. The van der Waals surface area contributed by atoms with Crippen molar-refractivity contribution in [2.24, 2.45) is 0 Å². The largest absolute Gasteiger partial charge is 0.494 e. The van der Waals surface area contributed by atoms with Crippen LogP contribution in [-0.2, 0) is 10.0 Å². The zero-order valence-corrected chi connectivity index (χ0v) is 16.4. The molecule has 0 unspecified atom stereocenters. The Balaban J connectivity index is 1.69. The van der Waals surface area contributed by atoms with E-state index in [9.17, 15) is 17.6 Å². The summed E-state index contributed by atoms with van der Waals surface area (Å²) in [5.74, 6) is -0.190. The molecule has 3 aromatic rings. The molecule has 8 heteroatoms. The normalized spacial score (nSPS) is 11.0. The molecule has 0 atom stereocenters. The summed E-state index contributed by atoms with van der Waals surface area (Å²) in [7, 11) is -3.81. The minimum Gasteiger partial charge on any atom is -0.494 e. The summed E-state index contributed by atoms with van der Waals surface area (Å²) in [6.45, 7) is 2.38. The number of halogens is 1. The van der Waals surface area contributed by atoms with E-state index in [0.717, 1.165) is 0 Å². The highest BCUT2D eigenvalue weighted by Crippen LogP contribution is 2.20. The molecular formula is C21H19FN2O4S. The minimum absolute atomic E-state index is 0.0183. The molecule has 0 radical (unpaired) electrons. The minimum atomic E-state index is -3.81. The van der Waals surface area contributed by atoms with E-state index < -0.39 is 21.7 Å². The lowest BCUT2D eigenvalue weighted by atomic mass is 10.2. The number of hydrogen-bond acceptors (Lipinski definition) is 4. The molecule has 29 heavy (non-hydrogen) atoms.